The summed E-state index contributed by atoms with van der Waals surface area (Å²) in [6.07, 6.45) is 3.29. The summed E-state index contributed by atoms with van der Waals surface area (Å²) < 4.78 is 49.1. The number of ketones is 3. The second-order valence-corrected chi connectivity index (χ2v) is 16.5. The maximum Gasteiger partial charge on any atom is 0.330 e. The molecule has 0 spiro atoms. The van der Waals surface area contributed by atoms with Gasteiger partial charge in [-0.1, -0.05) is 13.8 Å². The largest absolute Gasteiger partial charge is 0.382 e. The monoisotopic (exact) mass is 808 g/mol. The predicted molar refractivity (Wildman–Crippen MR) is 205 cm³/mol. The average molecular weight is 809 g/mol. The van der Waals surface area contributed by atoms with Gasteiger partial charge < -0.3 is 48.5 Å². The SMILES string of the molecule is COCCOCCCC(=O)CCC(NC(=O)CCC(NC(=O)C1CCC(OP(=O)(O)C(C)C)CC1)C(=O)CCCOCCOC)C(=O)CCCOCCOC. The van der Waals surface area contributed by atoms with Crippen LogP contribution in [0, 0.1) is 5.92 Å². The highest BCUT2D eigenvalue weighted by Gasteiger charge is 2.34. The molecular formula is C38H69N2O14P. The van der Waals surface area contributed by atoms with Gasteiger partial charge in [-0.05, 0) is 57.8 Å². The number of nitrogens with one attached hydrogen (secondary N) is 2. The van der Waals surface area contributed by atoms with E-state index in [1.165, 1.54) is 0 Å². The van der Waals surface area contributed by atoms with Gasteiger partial charge in [-0.25, -0.2) is 0 Å². The summed E-state index contributed by atoms with van der Waals surface area (Å²) in [5.74, 6) is -1.74. The lowest BCUT2D eigenvalue weighted by Gasteiger charge is -2.30. The third kappa shape index (κ3) is 24.3. The van der Waals surface area contributed by atoms with E-state index in [0.29, 0.717) is 104 Å². The molecule has 3 N–H and O–H groups in total. The van der Waals surface area contributed by atoms with E-state index in [1.807, 2.05) is 0 Å². The first-order valence-corrected chi connectivity index (χ1v) is 21.4. The van der Waals surface area contributed by atoms with Gasteiger partial charge in [0.1, 0.15) is 5.78 Å². The van der Waals surface area contributed by atoms with E-state index in [0.717, 1.165) is 0 Å². The number of Topliss-reactive ketones (excluding diaryl/α,β-unsaturated/α-hetero) is 3. The first kappa shape index (κ1) is 50.9. The fourth-order valence-corrected chi connectivity index (χ4v) is 6.69. The van der Waals surface area contributed by atoms with Crippen LogP contribution < -0.4 is 10.6 Å². The van der Waals surface area contributed by atoms with Crippen molar-refractivity contribution >= 4 is 36.8 Å². The highest BCUT2D eigenvalue weighted by molar-refractivity contribution is 7.53. The summed E-state index contributed by atoms with van der Waals surface area (Å²) in [6, 6.07) is -1.85. The van der Waals surface area contributed by atoms with Gasteiger partial charge in [0.2, 0.25) is 11.8 Å². The molecule has 320 valence electrons. The molecule has 2 amide bonds. The van der Waals surface area contributed by atoms with Gasteiger partial charge in [-0.2, -0.15) is 0 Å². The van der Waals surface area contributed by atoms with Crippen LogP contribution in [-0.4, -0.2) is 139 Å². The molecule has 0 radical (unpaired) electrons. The van der Waals surface area contributed by atoms with Crippen molar-refractivity contribution in [2.45, 2.75) is 128 Å². The molecule has 0 saturated heterocycles. The van der Waals surface area contributed by atoms with Crippen LogP contribution in [0.4, 0.5) is 0 Å². The Kier molecular flexibility index (Phi) is 28.6. The number of methoxy groups -OCH3 is 3. The van der Waals surface area contributed by atoms with Gasteiger partial charge in [0.05, 0.1) is 63.5 Å². The van der Waals surface area contributed by atoms with E-state index in [4.69, 9.17) is 32.9 Å². The van der Waals surface area contributed by atoms with Crippen LogP contribution in [0.15, 0.2) is 0 Å². The number of rotatable bonds is 35. The van der Waals surface area contributed by atoms with Gasteiger partial charge in [0, 0.05) is 79.2 Å². The molecule has 1 aliphatic rings. The van der Waals surface area contributed by atoms with Crippen molar-refractivity contribution in [2.75, 3.05) is 80.8 Å². The van der Waals surface area contributed by atoms with E-state index in [1.54, 1.807) is 35.2 Å². The lowest BCUT2D eigenvalue weighted by Crippen LogP contribution is -2.46. The quantitative estimate of drug-likeness (QED) is 0.0616. The van der Waals surface area contributed by atoms with Crippen molar-refractivity contribution < 1.29 is 66.4 Å². The summed E-state index contributed by atoms with van der Waals surface area (Å²) in [5, 5.41) is 5.64. The van der Waals surface area contributed by atoms with E-state index in [9.17, 15) is 33.4 Å². The van der Waals surface area contributed by atoms with E-state index < -0.39 is 43.3 Å². The molecule has 0 heterocycles. The maximum absolute atomic E-state index is 13.4. The zero-order chi connectivity index (χ0) is 40.9. The van der Waals surface area contributed by atoms with Crippen LogP contribution in [0.5, 0.6) is 0 Å². The first-order valence-electron chi connectivity index (χ1n) is 19.7. The van der Waals surface area contributed by atoms with Crippen molar-refractivity contribution in [3.05, 3.63) is 0 Å². The minimum atomic E-state index is -3.75. The Balaban J connectivity index is 2.87. The number of carbonyl (C=O) groups is 5. The van der Waals surface area contributed by atoms with E-state index >= 15 is 0 Å². The Morgan fingerprint density at radius 2 is 1.07 bits per heavy atom. The normalized spacial score (nSPS) is 18.0. The molecule has 16 nitrogen and oxygen atoms in total. The third-order valence-electron chi connectivity index (χ3n) is 9.26. The van der Waals surface area contributed by atoms with Crippen LogP contribution in [-0.2, 0) is 61.5 Å². The van der Waals surface area contributed by atoms with Gasteiger partial charge in [-0.15, -0.1) is 0 Å². The van der Waals surface area contributed by atoms with E-state index in [-0.39, 0.29) is 68.2 Å². The number of carbonyl (C=O) groups excluding carboxylic acids is 5. The smallest absolute Gasteiger partial charge is 0.330 e. The molecule has 3 unspecified atom stereocenters. The Labute approximate surface area is 327 Å². The van der Waals surface area contributed by atoms with Crippen molar-refractivity contribution in [3.63, 3.8) is 0 Å². The number of amides is 2. The molecule has 3 atom stereocenters. The summed E-state index contributed by atoms with van der Waals surface area (Å²) in [4.78, 5) is 76.1. The molecule has 0 aromatic heterocycles. The summed E-state index contributed by atoms with van der Waals surface area (Å²) in [7, 11) is 0.959. The lowest BCUT2D eigenvalue weighted by molar-refractivity contribution is -0.132. The van der Waals surface area contributed by atoms with Gasteiger partial charge in [-0.3, -0.25) is 28.5 Å². The Morgan fingerprint density at radius 3 is 1.55 bits per heavy atom. The lowest BCUT2D eigenvalue weighted by atomic mass is 9.86. The van der Waals surface area contributed by atoms with Crippen molar-refractivity contribution in [2.24, 2.45) is 5.92 Å². The predicted octanol–water partition coefficient (Wildman–Crippen LogP) is 3.72. The van der Waals surface area contributed by atoms with Gasteiger partial charge >= 0.3 is 7.60 Å². The molecule has 0 aromatic carbocycles. The zero-order valence-electron chi connectivity index (χ0n) is 33.9. The molecule has 0 aromatic rings. The highest BCUT2D eigenvalue weighted by atomic mass is 31.2. The summed E-state index contributed by atoms with van der Waals surface area (Å²) in [6.45, 7) is 6.86. The molecule has 55 heavy (non-hydrogen) atoms. The Hall–Kier alpha value is -2.14. The summed E-state index contributed by atoms with van der Waals surface area (Å²) in [5.41, 5.74) is -0.536. The fourth-order valence-electron chi connectivity index (χ4n) is 5.80. The van der Waals surface area contributed by atoms with Gasteiger partial charge in [0.15, 0.2) is 11.6 Å². The Bertz CT molecular complexity index is 1150. The standard InChI is InChI=1S/C38H69N2O14P/c1-29(2)55(46,47)54-32-15-12-30(13-16-32)38(45)40-34(36(43)11-8-22-53-28-25-50-5)18-19-37(44)39-33(35(42)10-7-21-52-27-24-49-4)17-14-31(41)9-6-20-51-26-23-48-3/h29-30,32-34H,6-28H2,1-5H3,(H,39,44)(H,40,45)(H,46,47). The molecule has 0 aliphatic heterocycles. The highest BCUT2D eigenvalue weighted by Crippen LogP contribution is 2.50. The number of ether oxygens (including phenoxy) is 6. The maximum atomic E-state index is 13.4. The number of hydrogen-bond donors (Lipinski definition) is 3. The molecule has 1 fully saturated rings. The second kappa shape index (κ2) is 30.9. The zero-order valence-corrected chi connectivity index (χ0v) is 34.7. The van der Waals surface area contributed by atoms with Crippen molar-refractivity contribution in [1.29, 1.82) is 0 Å². The van der Waals surface area contributed by atoms with Crippen LogP contribution in [0.3, 0.4) is 0 Å². The molecule has 1 rings (SSSR count). The molecular weight excluding hydrogens is 739 g/mol. The van der Waals surface area contributed by atoms with Crippen molar-refractivity contribution in [1.82, 2.24) is 10.6 Å². The van der Waals surface area contributed by atoms with Crippen LogP contribution in [0.2, 0.25) is 0 Å². The van der Waals surface area contributed by atoms with Gasteiger partial charge in [0.25, 0.3) is 0 Å². The third-order valence-corrected chi connectivity index (χ3v) is 11.2. The molecule has 17 heteroatoms. The minimum Gasteiger partial charge on any atom is -0.382 e. The second-order valence-electron chi connectivity index (χ2n) is 14.1. The number of hydrogen-bond acceptors (Lipinski definition) is 13. The first-order chi connectivity index (χ1) is 26.3. The molecule has 1 aliphatic carbocycles. The van der Waals surface area contributed by atoms with Crippen molar-refractivity contribution in [3.8, 4) is 0 Å². The molecule has 0 bridgehead atoms. The average Bonchev–Trinajstić information content (AvgIpc) is 3.15. The minimum absolute atomic E-state index is 0.0116. The Morgan fingerprint density at radius 1 is 0.618 bits per heavy atom. The van der Waals surface area contributed by atoms with E-state index in [2.05, 4.69) is 10.6 Å². The van der Waals surface area contributed by atoms with Crippen LogP contribution in [0.1, 0.15) is 104 Å². The van der Waals surface area contributed by atoms with Crippen LogP contribution in [0.25, 0.3) is 0 Å². The van der Waals surface area contributed by atoms with Crippen LogP contribution >= 0.6 is 7.60 Å². The molecule has 1 saturated carbocycles. The fraction of sp³-hybridized carbons (Fsp3) is 0.868. The topological polar surface area (TPSA) is 211 Å². The summed E-state index contributed by atoms with van der Waals surface area (Å²) >= 11 is 0.